The summed E-state index contributed by atoms with van der Waals surface area (Å²) in [4.78, 5) is 0. The summed E-state index contributed by atoms with van der Waals surface area (Å²) in [6, 6.07) is 7.85. The lowest BCUT2D eigenvalue weighted by Gasteiger charge is -2.07. The Morgan fingerprint density at radius 1 is 1.20 bits per heavy atom. The fraction of sp³-hybridized carbons (Fsp3) is 0.143. The van der Waals surface area contributed by atoms with Crippen LogP contribution in [0, 0.1) is 6.92 Å². The molecule has 1 aromatic carbocycles. The first-order valence-corrected chi connectivity index (χ1v) is 4.85. The van der Waals surface area contributed by atoms with E-state index in [1.165, 1.54) is 0 Å². The van der Waals surface area contributed by atoms with Crippen LogP contribution in [-0.2, 0) is 0 Å². The van der Waals surface area contributed by atoms with Gasteiger partial charge in [0.15, 0.2) is 0 Å². The smallest absolute Gasteiger partial charge is 0.130 e. The van der Waals surface area contributed by atoms with Gasteiger partial charge in [-0.05, 0) is 31.6 Å². The number of benzene rings is 1. The molecule has 0 saturated heterocycles. The molecule has 1 rings (SSSR count). The summed E-state index contributed by atoms with van der Waals surface area (Å²) in [6.07, 6.45) is 3.69. The van der Waals surface area contributed by atoms with E-state index in [1.807, 2.05) is 50.3 Å². The zero-order valence-corrected chi connectivity index (χ0v) is 9.29. The van der Waals surface area contributed by atoms with Crippen LogP contribution >= 0.6 is 0 Å². The average Bonchev–Trinajstić information content (AvgIpc) is 2.18. The van der Waals surface area contributed by atoms with Crippen molar-refractivity contribution in [3.8, 4) is 5.75 Å². The Kier molecular flexibility index (Phi) is 3.92. The van der Waals surface area contributed by atoms with Gasteiger partial charge in [-0.25, -0.2) is 0 Å². The maximum absolute atomic E-state index is 5.57. The first kappa shape index (κ1) is 11.3. The van der Waals surface area contributed by atoms with Crippen molar-refractivity contribution in [2.45, 2.75) is 13.8 Å². The molecule has 0 fully saturated rings. The van der Waals surface area contributed by atoms with Gasteiger partial charge < -0.3 is 4.74 Å². The molecule has 1 aromatic rings. The molecule has 0 amide bonds. The van der Waals surface area contributed by atoms with Gasteiger partial charge in [0.05, 0.1) is 0 Å². The second-order valence-corrected chi connectivity index (χ2v) is 3.51. The number of para-hydroxylation sites is 1. The maximum atomic E-state index is 5.57. The molecule has 0 atom stereocenters. The number of hydrogen-bond donors (Lipinski definition) is 0. The first-order chi connectivity index (χ1) is 7.09. The molecule has 0 unspecified atom stereocenters. The molecule has 1 heteroatoms. The lowest BCUT2D eigenvalue weighted by atomic mass is 10.2. The zero-order chi connectivity index (χ0) is 11.3. The quantitative estimate of drug-likeness (QED) is 0.527. The number of rotatable bonds is 4. The highest BCUT2D eigenvalue weighted by Crippen LogP contribution is 2.18. The standard InChI is InChI=1S/C14H16O/c1-11(2)9-10-13(4)15-14-8-6-5-7-12(14)3/h5-10H,1,4H2,2-3H3/b10-9-. The largest absolute Gasteiger partial charge is 0.458 e. The lowest BCUT2D eigenvalue weighted by molar-refractivity contribution is 0.443. The maximum Gasteiger partial charge on any atom is 0.130 e. The van der Waals surface area contributed by atoms with Crippen LogP contribution in [0.5, 0.6) is 5.75 Å². The summed E-state index contributed by atoms with van der Waals surface area (Å²) < 4.78 is 5.57. The lowest BCUT2D eigenvalue weighted by Crippen LogP contribution is -1.92. The molecule has 0 spiro atoms. The highest BCUT2D eigenvalue weighted by atomic mass is 16.5. The van der Waals surface area contributed by atoms with E-state index in [0.29, 0.717) is 5.76 Å². The molecule has 1 nitrogen and oxygen atoms in total. The van der Waals surface area contributed by atoms with Gasteiger partial charge in [0.25, 0.3) is 0 Å². The highest BCUT2D eigenvalue weighted by molar-refractivity contribution is 5.34. The van der Waals surface area contributed by atoms with E-state index < -0.39 is 0 Å². The minimum Gasteiger partial charge on any atom is -0.458 e. The van der Waals surface area contributed by atoms with Gasteiger partial charge in [-0.1, -0.05) is 43.0 Å². The van der Waals surface area contributed by atoms with Crippen LogP contribution in [0.25, 0.3) is 0 Å². The molecule has 0 aliphatic rings. The van der Waals surface area contributed by atoms with Crippen molar-refractivity contribution in [3.05, 3.63) is 66.5 Å². The molecule has 15 heavy (non-hydrogen) atoms. The fourth-order valence-corrected chi connectivity index (χ4v) is 1.08. The van der Waals surface area contributed by atoms with Crippen molar-refractivity contribution in [1.29, 1.82) is 0 Å². The minimum atomic E-state index is 0.618. The molecule has 0 bridgehead atoms. The van der Waals surface area contributed by atoms with Gasteiger partial charge in [-0.3, -0.25) is 0 Å². The summed E-state index contributed by atoms with van der Waals surface area (Å²) in [5.41, 5.74) is 2.08. The van der Waals surface area contributed by atoms with Crippen LogP contribution < -0.4 is 4.74 Å². The molecule has 78 valence electrons. The predicted octanol–water partition coefficient (Wildman–Crippen LogP) is 4.02. The van der Waals surface area contributed by atoms with Crippen LogP contribution in [-0.4, -0.2) is 0 Å². The van der Waals surface area contributed by atoms with E-state index in [9.17, 15) is 0 Å². The number of aryl methyl sites for hydroxylation is 1. The van der Waals surface area contributed by atoms with E-state index in [2.05, 4.69) is 13.2 Å². The fourth-order valence-electron chi connectivity index (χ4n) is 1.08. The minimum absolute atomic E-state index is 0.618. The molecule has 0 aromatic heterocycles. The average molecular weight is 200 g/mol. The summed E-state index contributed by atoms with van der Waals surface area (Å²) >= 11 is 0. The third kappa shape index (κ3) is 3.86. The Labute approximate surface area is 91.4 Å². The molecule has 0 radical (unpaired) electrons. The van der Waals surface area contributed by atoms with Crippen molar-refractivity contribution in [2.24, 2.45) is 0 Å². The van der Waals surface area contributed by atoms with Gasteiger partial charge >= 0.3 is 0 Å². The number of ether oxygens (including phenoxy) is 1. The van der Waals surface area contributed by atoms with Gasteiger partial charge in [-0.15, -0.1) is 0 Å². The van der Waals surface area contributed by atoms with Gasteiger partial charge in [0, 0.05) is 0 Å². The van der Waals surface area contributed by atoms with Crippen LogP contribution in [0.2, 0.25) is 0 Å². The van der Waals surface area contributed by atoms with E-state index in [0.717, 1.165) is 16.9 Å². The predicted molar refractivity (Wildman–Crippen MR) is 64.9 cm³/mol. The molecule has 0 heterocycles. The van der Waals surface area contributed by atoms with E-state index in [-0.39, 0.29) is 0 Å². The zero-order valence-electron chi connectivity index (χ0n) is 9.29. The topological polar surface area (TPSA) is 9.23 Å². The molecule has 0 aliphatic heterocycles. The van der Waals surface area contributed by atoms with Crippen LogP contribution in [0.15, 0.2) is 60.9 Å². The van der Waals surface area contributed by atoms with Gasteiger partial charge in [-0.2, -0.15) is 0 Å². The molecular weight excluding hydrogens is 184 g/mol. The highest BCUT2D eigenvalue weighted by Gasteiger charge is 1.97. The Morgan fingerprint density at radius 2 is 1.87 bits per heavy atom. The third-order valence-corrected chi connectivity index (χ3v) is 1.89. The number of allylic oxidation sites excluding steroid dienone is 3. The molecule has 0 aliphatic carbocycles. The normalized spacial score (nSPS) is 10.3. The summed E-state index contributed by atoms with van der Waals surface area (Å²) in [5, 5.41) is 0. The van der Waals surface area contributed by atoms with E-state index in [1.54, 1.807) is 0 Å². The Hall–Kier alpha value is -1.76. The van der Waals surface area contributed by atoms with Crippen LogP contribution in [0.4, 0.5) is 0 Å². The molecular formula is C14H16O. The Morgan fingerprint density at radius 3 is 2.47 bits per heavy atom. The van der Waals surface area contributed by atoms with Crippen molar-refractivity contribution >= 4 is 0 Å². The summed E-state index contributed by atoms with van der Waals surface area (Å²) in [6.45, 7) is 11.5. The summed E-state index contributed by atoms with van der Waals surface area (Å²) in [7, 11) is 0. The van der Waals surface area contributed by atoms with Gasteiger partial charge in [0.1, 0.15) is 11.5 Å². The van der Waals surface area contributed by atoms with Gasteiger partial charge in [0.2, 0.25) is 0 Å². The number of hydrogen-bond acceptors (Lipinski definition) is 1. The van der Waals surface area contributed by atoms with Crippen LogP contribution in [0.1, 0.15) is 12.5 Å². The third-order valence-electron chi connectivity index (χ3n) is 1.89. The molecule has 0 saturated carbocycles. The van der Waals surface area contributed by atoms with Crippen molar-refractivity contribution < 1.29 is 4.74 Å². The monoisotopic (exact) mass is 200 g/mol. The Bertz CT molecular complexity index is 400. The molecule has 0 N–H and O–H groups in total. The van der Waals surface area contributed by atoms with E-state index >= 15 is 0 Å². The van der Waals surface area contributed by atoms with E-state index in [4.69, 9.17) is 4.74 Å². The SMILES string of the molecule is C=C(C)/C=C\C(=C)Oc1ccccc1C. The van der Waals surface area contributed by atoms with Crippen LogP contribution in [0.3, 0.4) is 0 Å². The second kappa shape index (κ2) is 5.20. The second-order valence-electron chi connectivity index (χ2n) is 3.51. The summed E-state index contributed by atoms with van der Waals surface area (Å²) in [5.74, 6) is 1.46. The van der Waals surface area contributed by atoms with Crippen molar-refractivity contribution in [1.82, 2.24) is 0 Å². The van der Waals surface area contributed by atoms with Crippen molar-refractivity contribution in [3.63, 3.8) is 0 Å². The Balaban J connectivity index is 2.67. The van der Waals surface area contributed by atoms with Crippen molar-refractivity contribution in [2.75, 3.05) is 0 Å². The first-order valence-electron chi connectivity index (χ1n) is 4.85.